The Morgan fingerprint density at radius 2 is 2.00 bits per heavy atom. The number of anilines is 1. The Bertz CT molecular complexity index is 404. The molecule has 0 atom stereocenters. The summed E-state index contributed by atoms with van der Waals surface area (Å²) in [7, 11) is 5.09. The number of methoxy groups -OCH3 is 2. The monoisotopic (exact) mass is 269 g/mol. The minimum Gasteiger partial charge on any atom is -0.397 e. The first-order valence-corrected chi connectivity index (χ1v) is 6.29. The topological polar surface area (TPSA) is 69.7 Å². The smallest absolute Gasteiger partial charge is 0.270 e. The number of nitrogens with zero attached hydrogens (tertiary/aromatic N) is 2. The largest absolute Gasteiger partial charge is 0.397 e. The summed E-state index contributed by atoms with van der Waals surface area (Å²) in [6.45, 7) is 2.34. The molecular weight excluding hydrogens is 246 g/mol. The maximum Gasteiger partial charge on any atom is 0.270 e. The van der Waals surface area contributed by atoms with E-state index in [-0.39, 0.29) is 5.91 Å². The van der Waals surface area contributed by atoms with E-state index in [1.165, 1.54) is 0 Å². The lowest BCUT2D eigenvalue weighted by Crippen LogP contribution is -2.36. The molecule has 0 bridgehead atoms. The molecule has 1 amide bonds. The lowest BCUT2D eigenvalue weighted by Gasteiger charge is -2.22. The molecular formula is C13H23N3O3. The van der Waals surface area contributed by atoms with Crippen molar-refractivity contribution in [2.24, 2.45) is 7.05 Å². The number of hydrogen-bond donors (Lipinski definition) is 1. The standard InChI is InChI=1S/C13H23N3O3/c1-15-10-11(14)9-12(15)13(17)16(6-8-19-3)5-4-7-18-2/h9-10H,4-8,14H2,1-3H3. The Balaban J connectivity index is 2.72. The molecule has 1 rings (SSSR count). The number of carbonyl (C=O) groups excluding carboxylic acids is 1. The van der Waals surface area contributed by atoms with Crippen LogP contribution in [-0.4, -0.2) is 55.9 Å². The van der Waals surface area contributed by atoms with Gasteiger partial charge in [0.2, 0.25) is 0 Å². The highest BCUT2D eigenvalue weighted by molar-refractivity contribution is 5.93. The lowest BCUT2D eigenvalue weighted by atomic mass is 10.3. The molecule has 1 aromatic rings. The van der Waals surface area contributed by atoms with Gasteiger partial charge in [-0.15, -0.1) is 0 Å². The van der Waals surface area contributed by atoms with Crippen molar-refractivity contribution in [1.82, 2.24) is 9.47 Å². The van der Waals surface area contributed by atoms with Crippen LogP contribution in [-0.2, 0) is 16.5 Å². The van der Waals surface area contributed by atoms with Crippen LogP contribution in [0.1, 0.15) is 16.9 Å². The predicted octanol–water partition coefficient (Wildman–Crippen LogP) is 0.732. The molecule has 0 saturated heterocycles. The number of aryl methyl sites for hydroxylation is 1. The van der Waals surface area contributed by atoms with E-state index in [0.717, 1.165) is 6.42 Å². The number of ether oxygens (including phenoxy) is 2. The highest BCUT2D eigenvalue weighted by atomic mass is 16.5. The average molecular weight is 269 g/mol. The SMILES string of the molecule is COCCCN(CCOC)C(=O)c1cc(N)cn1C. The summed E-state index contributed by atoms with van der Waals surface area (Å²) in [5.41, 5.74) is 6.88. The van der Waals surface area contributed by atoms with Crippen LogP contribution in [0, 0.1) is 0 Å². The van der Waals surface area contributed by atoms with Crippen LogP contribution in [0.2, 0.25) is 0 Å². The van der Waals surface area contributed by atoms with E-state index >= 15 is 0 Å². The second kappa shape index (κ2) is 7.81. The third kappa shape index (κ3) is 4.57. The Labute approximate surface area is 114 Å². The van der Waals surface area contributed by atoms with Crippen LogP contribution in [0.5, 0.6) is 0 Å². The van der Waals surface area contributed by atoms with Crippen LogP contribution in [0.3, 0.4) is 0 Å². The van der Waals surface area contributed by atoms with Gasteiger partial charge >= 0.3 is 0 Å². The van der Waals surface area contributed by atoms with Gasteiger partial charge in [0.15, 0.2) is 0 Å². The zero-order chi connectivity index (χ0) is 14.3. The lowest BCUT2D eigenvalue weighted by molar-refractivity contribution is 0.0665. The van der Waals surface area contributed by atoms with Crippen molar-refractivity contribution in [3.63, 3.8) is 0 Å². The first kappa shape index (κ1) is 15.5. The molecule has 0 aliphatic heterocycles. The van der Waals surface area contributed by atoms with Gasteiger partial charge in [0.1, 0.15) is 5.69 Å². The fraction of sp³-hybridized carbons (Fsp3) is 0.615. The number of hydrogen-bond acceptors (Lipinski definition) is 4. The second-order valence-corrected chi connectivity index (χ2v) is 4.40. The van der Waals surface area contributed by atoms with Crippen molar-refractivity contribution in [1.29, 1.82) is 0 Å². The molecule has 19 heavy (non-hydrogen) atoms. The molecule has 0 aliphatic rings. The highest BCUT2D eigenvalue weighted by Crippen LogP contribution is 2.12. The Kier molecular flexibility index (Phi) is 6.38. The molecule has 1 aromatic heterocycles. The Morgan fingerprint density at radius 3 is 2.53 bits per heavy atom. The summed E-state index contributed by atoms with van der Waals surface area (Å²) in [4.78, 5) is 14.2. The van der Waals surface area contributed by atoms with Crippen LogP contribution >= 0.6 is 0 Å². The number of amides is 1. The Morgan fingerprint density at radius 1 is 1.32 bits per heavy atom. The third-order valence-electron chi connectivity index (χ3n) is 2.87. The normalized spacial score (nSPS) is 10.7. The van der Waals surface area contributed by atoms with Gasteiger partial charge in [0.05, 0.1) is 12.3 Å². The predicted molar refractivity (Wildman–Crippen MR) is 74.1 cm³/mol. The molecule has 6 nitrogen and oxygen atoms in total. The van der Waals surface area contributed by atoms with E-state index in [2.05, 4.69) is 0 Å². The number of nitrogen functional groups attached to an aromatic ring is 1. The van der Waals surface area contributed by atoms with E-state index in [1.807, 2.05) is 7.05 Å². The summed E-state index contributed by atoms with van der Waals surface area (Å²) in [5, 5.41) is 0. The fourth-order valence-corrected chi connectivity index (χ4v) is 1.88. The summed E-state index contributed by atoms with van der Waals surface area (Å²) in [6, 6.07) is 1.69. The zero-order valence-electron chi connectivity index (χ0n) is 11.9. The maximum absolute atomic E-state index is 12.4. The number of nitrogens with two attached hydrogens (primary N) is 1. The first-order valence-electron chi connectivity index (χ1n) is 6.29. The molecule has 0 saturated carbocycles. The minimum atomic E-state index is -0.0349. The van der Waals surface area contributed by atoms with E-state index in [0.29, 0.717) is 37.7 Å². The van der Waals surface area contributed by atoms with E-state index in [4.69, 9.17) is 15.2 Å². The molecule has 0 unspecified atom stereocenters. The van der Waals surface area contributed by atoms with Crippen molar-refractivity contribution in [2.75, 3.05) is 46.3 Å². The van der Waals surface area contributed by atoms with Gasteiger partial charge in [-0.3, -0.25) is 4.79 Å². The molecule has 0 spiro atoms. The van der Waals surface area contributed by atoms with Gasteiger partial charge in [-0.05, 0) is 12.5 Å². The molecule has 0 aliphatic carbocycles. The maximum atomic E-state index is 12.4. The molecule has 0 fully saturated rings. The number of aromatic nitrogens is 1. The van der Waals surface area contributed by atoms with Crippen LogP contribution in [0.15, 0.2) is 12.3 Å². The molecule has 0 radical (unpaired) electrons. The molecule has 2 N–H and O–H groups in total. The van der Waals surface area contributed by atoms with Gasteiger partial charge in [-0.25, -0.2) is 0 Å². The molecule has 6 heteroatoms. The van der Waals surface area contributed by atoms with Gasteiger partial charge in [0.25, 0.3) is 5.91 Å². The summed E-state index contributed by atoms with van der Waals surface area (Å²) in [6.07, 6.45) is 2.53. The van der Waals surface area contributed by atoms with E-state index in [9.17, 15) is 4.79 Å². The van der Waals surface area contributed by atoms with Gasteiger partial charge in [-0.2, -0.15) is 0 Å². The molecule has 108 valence electrons. The minimum absolute atomic E-state index is 0.0349. The summed E-state index contributed by atoms with van der Waals surface area (Å²) in [5.74, 6) is -0.0349. The van der Waals surface area contributed by atoms with Crippen molar-refractivity contribution < 1.29 is 14.3 Å². The number of rotatable bonds is 8. The van der Waals surface area contributed by atoms with Gasteiger partial charge in [0, 0.05) is 47.2 Å². The van der Waals surface area contributed by atoms with Crippen molar-refractivity contribution in [3.05, 3.63) is 18.0 Å². The zero-order valence-corrected chi connectivity index (χ0v) is 11.9. The Hall–Kier alpha value is -1.53. The van der Waals surface area contributed by atoms with Crippen LogP contribution < -0.4 is 5.73 Å². The number of carbonyl (C=O) groups is 1. The average Bonchev–Trinajstić information content (AvgIpc) is 2.72. The van der Waals surface area contributed by atoms with Crippen LogP contribution in [0.4, 0.5) is 5.69 Å². The van der Waals surface area contributed by atoms with Crippen molar-refractivity contribution in [2.45, 2.75) is 6.42 Å². The van der Waals surface area contributed by atoms with Gasteiger partial charge in [-0.1, -0.05) is 0 Å². The first-order chi connectivity index (χ1) is 9.10. The summed E-state index contributed by atoms with van der Waals surface area (Å²) >= 11 is 0. The van der Waals surface area contributed by atoms with Crippen molar-refractivity contribution in [3.8, 4) is 0 Å². The van der Waals surface area contributed by atoms with Crippen molar-refractivity contribution >= 4 is 11.6 Å². The quantitative estimate of drug-likeness (QED) is 0.706. The van der Waals surface area contributed by atoms with Crippen LogP contribution in [0.25, 0.3) is 0 Å². The van der Waals surface area contributed by atoms with E-state index in [1.54, 1.807) is 35.9 Å². The molecule has 0 aromatic carbocycles. The third-order valence-corrected chi connectivity index (χ3v) is 2.87. The fourth-order valence-electron chi connectivity index (χ4n) is 1.88. The molecule has 1 heterocycles. The second-order valence-electron chi connectivity index (χ2n) is 4.40. The highest BCUT2D eigenvalue weighted by Gasteiger charge is 2.18. The van der Waals surface area contributed by atoms with E-state index < -0.39 is 0 Å². The van der Waals surface area contributed by atoms with Gasteiger partial charge < -0.3 is 24.7 Å². The summed E-state index contributed by atoms with van der Waals surface area (Å²) < 4.78 is 11.8.